The van der Waals surface area contributed by atoms with E-state index in [2.05, 4.69) is 12.1 Å². The van der Waals surface area contributed by atoms with Crippen molar-refractivity contribution in [2.45, 2.75) is 41.6 Å². The number of rotatable bonds is 6. The number of nitrogens with zero attached hydrogens (tertiary/aromatic N) is 2. The number of nitrogens with two attached hydrogens (primary N) is 1. The highest BCUT2D eigenvalue weighted by atomic mass is 32.2. The molecule has 0 bridgehead atoms. The minimum Gasteiger partial charge on any atom is -0.397 e. The second kappa shape index (κ2) is 8.13. The van der Waals surface area contributed by atoms with Crippen molar-refractivity contribution >= 4 is 50.8 Å². The molecule has 1 aliphatic carbocycles. The van der Waals surface area contributed by atoms with Crippen molar-refractivity contribution in [1.29, 1.82) is 5.41 Å². The van der Waals surface area contributed by atoms with Crippen LogP contribution < -0.4 is 5.73 Å². The molecule has 5 nitrogen and oxygen atoms in total. The van der Waals surface area contributed by atoms with E-state index in [4.69, 9.17) is 25.8 Å². The number of ether oxygens (including phenoxy) is 1. The first kappa shape index (κ1) is 19.7. The number of thiophene rings is 1. The van der Waals surface area contributed by atoms with Crippen molar-refractivity contribution in [1.82, 2.24) is 9.97 Å². The van der Waals surface area contributed by atoms with E-state index < -0.39 is 0 Å². The second-order valence-corrected chi connectivity index (χ2v) is 10.4. The zero-order chi connectivity index (χ0) is 20.7. The van der Waals surface area contributed by atoms with Crippen LogP contribution in [-0.2, 0) is 4.74 Å². The van der Waals surface area contributed by atoms with Gasteiger partial charge in [0.2, 0.25) is 0 Å². The monoisotopic (exact) mass is 436 g/mol. The standard InChI is InChI=1S/C23H24N4OS2/c1-2-13(9-24)19-8-17(18-7-6-14(10-26-18)15-11-28-12-15)20-21(25)23(30-22(20)27-19)29-16-4-3-5-16/h2,6-10,15-16,24H,3-5,11-12,25H2,1H3/b13-2+,24-9?. The maximum atomic E-state index is 7.77. The number of anilines is 1. The van der Waals surface area contributed by atoms with E-state index in [0.29, 0.717) is 11.2 Å². The average Bonchev–Trinajstić information content (AvgIpc) is 3.00. The van der Waals surface area contributed by atoms with E-state index in [-0.39, 0.29) is 0 Å². The molecule has 0 spiro atoms. The summed E-state index contributed by atoms with van der Waals surface area (Å²) in [6.45, 7) is 3.47. The maximum absolute atomic E-state index is 7.77. The Morgan fingerprint density at radius 1 is 1.33 bits per heavy atom. The van der Waals surface area contributed by atoms with E-state index in [9.17, 15) is 0 Å². The smallest absolute Gasteiger partial charge is 0.127 e. The largest absolute Gasteiger partial charge is 0.397 e. The van der Waals surface area contributed by atoms with E-state index in [1.165, 1.54) is 31.0 Å². The third kappa shape index (κ3) is 3.45. The first-order valence-electron chi connectivity index (χ1n) is 10.3. The zero-order valence-corrected chi connectivity index (χ0v) is 18.5. The Kier molecular flexibility index (Phi) is 5.35. The predicted octanol–water partition coefficient (Wildman–Crippen LogP) is 5.75. The summed E-state index contributed by atoms with van der Waals surface area (Å²) in [4.78, 5) is 10.6. The van der Waals surface area contributed by atoms with Gasteiger partial charge in [0.05, 0.1) is 34.5 Å². The summed E-state index contributed by atoms with van der Waals surface area (Å²) >= 11 is 3.55. The highest BCUT2D eigenvalue weighted by molar-refractivity contribution is 8.02. The molecule has 2 aliphatic rings. The van der Waals surface area contributed by atoms with Crippen LogP contribution in [0.3, 0.4) is 0 Å². The van der Waals surface area contributed by atoms with Gasteiger partial charge in [-0.25, -0.2) is 4.98 Å². The van der Waals surface area contributed by atoms with E-state index in [1.54, 1.807) is 11.3 Å². The van der Waals surface area contributed by atoms with Gasteiger partial charge in [-0.15, -0.1) is 23.1 Å². The molecule has 30 heavy (non-hydrogen) atoms. The second-order valence-electron chi connectivity index (χ2n) is 7.81. The molecular weight excluding hydrogens is 412 g/mol. The molecule has 3 aromatic rings. The molecule has 154 valence electrons. The molecule has 0 radical (unpaired) electrons. The number of aromatic nitrogens is 2. The Morgan fingerprint density at radius 2 is 2.17 bits per heavy atom. The lowest BCUT2D eigenvalue weighted by atomic mass is 9.98. The van der Waals surface area contributed by atoms with Crippen LogP contribution in [0, 0.1) is 5.41 Å². The van der Waals surface area contributed by atoms with Crippen LogP contribution in [-0.4, -0.2) is 34.6 Å². The molecule has 0 aromatic carbocycles. The number of pyridine rings is 2. The number of nitrogen functional groups attached to an aromatic ring is 1. The van der Waals surface area contributed by atoms with Crippen LogP contribution in [0.15, 0.2) is 34.7 Å². The molecule has 2 fully saturated rings. The minimum atomic E-state index is 0.448. The normalized spacial score (nSPS) is 17.7. The van der Waals surface area contributed by atoms with Crippen LogP contribution >= 0.6 is 23.1 Å². The van der Waals surface area contributed by atoms with Crippen LogP contribution in [0.25, 0.3) is 27.0 Å². The Balaban J connectivity index is 1.64. The first-order chi connectivity index (χ1) is 14.7. The van der Waals surface area contributed by atoms with Crippen LogP contribution in [0.4, 0.5) is 5.69 Å². The summed E-state index contributed by atoms with van der Waals surface area (Å²) in [6, 6.07) is 6.24. The van der Waals surface area contributed by atoms with Crippen molar-refractivity contribution in [3.63, 3.8) is 0 Å². The molecule has 0 amide bonds. The van der Waals surface area contributed by atoms with Gasteiger partial charge in [-0.05, 0) is 37.5 Å². The van der Waals surface area contributed by atoms with Gasteiger partial charge in [-0.2, -0.15) is 0 Å². The fourth-order valence-corrected chi connectivity index (χ4v) is 6.51. The summed E-state index contributed by atoms with van der Waals surface area (Å²) < 4.78 is 6.47. The third-order valence-corrected chi connectivity index (χ3v) is 8.60. The van der Waals surface area contributed by atoms with Gasteiger partial charge in [0.1, 0.15) is 4.83 Å². The lowest BCUT2D eigenvalue weighted by Crippen LogP contribution is -2.25. The van der Waals surface area contributed by atoms with Gasteiger partial charge in [-0.1, -0.05) is 18.6 Å². The van der Waals surface area contributed by atoms with Gasteiger partial charge < -0.3 is 15.9 Å². The van der Waals surface area contributed by atoms with Crippen LogP contribution in [0.1, 0.15) is 43.4 Å². The zero-order valence-electron chi connectivity index (χ0n) is 16.9. The van der Waals surface area contributed by atoms with Crippen molar-refractivity contribution < 1.29 is 4.74 Å². The number of thioether (sulfide) groups is 1. The molecule has 0 unspecified atom stereocenters. The average molecular weight is 437 g/mol. The molecule has 1 aliphatic heterocycles. The van der Waals surface area contributed by atoms with Gasteiger partial charge in [0, 0.05) is 40.1 Å². The first-order valence-corrected chi connectivity index (χ1v) is 12.0. The summed E-state index contributed by atoms with van der Waals surface area (Å²) in [7, 11) is 0. The summed E-state index contributed by atoms with van der Waals surface area (Å²) in [5.74, 6) is 0.448. The van der Waals surface area contributed by atoms with Crippen molar-refractivity contribution in [2.24, 2.45) is 0 Å². The molecule has 3 N–H and O–H groups in total. The number of hydrogen-bond donors (Lipinski definition) is 2. The molecule has 1 saturated heterocycles. The Labute approximate surface area is 184 Å². The van der Waals surface area contributed by atoms with Crippen molar-refractivity contribution in [2.75, 3.05) is 18.9 Å². The fraction of sp³-hybridized carbons (Fsp3) is 0.348. The molecule has 4 heterocycles. The number of nitrogens with one attached hydrogen (secondary N) is 1. The lowest BCUT2D eigenvalue weighted by Gasteiger charge is -2.26. The van der Waals surface area contributed by atoms with Crippen molar-refractivity contribution in [3.05, 3.63) is 41.7 Å². The van der Waals surface area contributed by atoms with E-state index in [0.717, 1.165) is 55.9 Å². The van der Waals surface area contributed by atoms with Crippen molar-refractivity contribution in [3.8, 4) is 11.3 Å². The highest BCUT2D eigenvalue weighted by Gasteiger charge is 2.25. The minimum absolute atomic E-state index is 0.448. The van der Waals surface area contributed by atoms with Gasteiger partial charge in [-0.3, -0.25) is 4.98 Å². The fourth-order valence-electron chi connectivity index (χ4n) is 3.72. The van der Waals surface area contributed by atoms with E-state index in [1.807, 2.05) is 37.0 Å². The number of fused-ring (bicyclic) bond motifs is 1. The summed E-state index contributed by atoms with van der Waals surface area (Å²) in [6.07, 6.45) is 9.05. The molecule has 1 saturated carbocycles. The molecule has 3 aromatic heterocycles. The Morgan fingerprint density at radius 3 is 2.73 bits per heavy atom. The predicted molar refractivity (Wildman–Crippen MR) is 127 cm³/mol. The Bertz CT molecular complexity index is 1130. The number of allylic oxidation sites excluding steroid dienone is 2. The highest BCUT2D eigenvalue weighted by Crippen LogP contribution is 2.48. The lowest BCUT2D eigenvalue weighted by molar-refractivity contribution is 0.00830. The number of hydrogen-bond acceptors (Lipinski definition) is 7. The van der Waals surface area contributed by atoms with Gasteiger partial charge >= 0.3 is 0 Å². The van der Waals surface area contributed by atoms with Gasteiger partial charge in [0.15, 0.2) is 0 Å². The summed E-state index contributed by atoms with van der Waals surface area (Å²) in [5.41, 5.74) is 12.1. The molecule has 7 heteroatoms. The van der Waals surface area contributed by atoms with E-state index >= 15 is 0 Å². The topological polar surface area (TPSA) is 84.9 Å². The molecule has 0 atom stereocenters. The Hall–Kier alpha value is -2.22. The molecular formula is C23H24N4OS2. The summed E-state index contributed by atoms with van der Waals surface area (Å²) in [5, 5.41) is 9.42. The third-order valence-electron chi connectivity index (χ3n) is 5.92. The van der Waals surface area contributed by atoms with Crippen LogP contribution in [0.5, 0.6) is 0 Å². The quantitative estimate of drug-likeness (QED) is 0.481. The molecule has 5 rings (SSSR count). The maximum Gasteiger partial charge on any atom is 0.127 e. The van der Waals surface area contributed by atoms with Gasteiger partial charge in [0.25, 0.3) is 0 Å². The van der Waals surface area contributed by atoms with Crippen LogP contribution in [0.2, 0.25) is 0 Å². The SMILES string of the molecule is C/C=C(\C=N)c1cc(-c2ccc(C3COC3)cn2)c2c(N)c(SC3CCC3)sc2n1.